The van der Waals surface area contributed by atoms with Crippen LogP contribution in [0.4, 0.5) is 0 Å². The Morgan fingerprint density at radius 1 is 1.47 bits per heavy atom. The van der Waals surface area contributed by atoms with Crippen molar-refractivity contribution >= 4 is 15.8 Å². The highest BCUT2D eigenvalue weighted by Gasteiger charge is 2.43. The van der Waals surface area contributed by atoms with Gasteiger partial charge in [-0.2, -0.15) is 0 Å². The van der Waals surface area contributed by atoms with Crippen molar-refractivity contribution in [2.75, 3.05) is 31.7 Å². The van der Waals surface area contributed by atoms with Crippen LogP contribution < -0.4 is 5.32 Å². The van der Waals surface area contributed by atoms with Crippen LogP contribution in [0.3, 0.4) is 0 Å². The van der Waals surface area contributed by atoms with Crippen LogP contribution in [0.5, 0.6) is 0 Å². The lowest BCUT2D eigenvalue weighted by Gasteiger charge is -2.35. The molecule has 1 aliphatic heterocycles. The van der Waals surface area contributed by atoms with Gasteiger partial charge in [0.2, 0.25) is 0 Å². The predicted molar refractivity (Wildman–Crippen MR) is 69.3 cm³/mol. The first-order chi connectivity index (χ1) is 8.96. The summed E-state index contributed by atoms with van der Waals surface area (Å²) in [6.45, 7) is 0.799. The third-order valence-electron chi connectivity index (χ3n) is 3.22. The van der Waals surface area contributed by atoms with E-state index < -0.39 is 21.3 Å². The zero-order valence-corrected chi connectivity index (χ0v) is 11.6. The van der Waals surface area contributed by atoms with Gasteiger partial charge in [-0.05, 0) is 31.3 Å². The number of nitrogens with zero attached hydrogens (tertiary/aromatic N) is 3. The molecule has 1 rings (SSSR count). The number of carbonyl (C=O) groups excluding carboxylic acids is 1. The first kappa shape index (κ1) is 15.7. The number of azide groups is 1. The molecule has 1 fully saturated rings. The van der Waals surface area contributed by atoms with Gasteiger partial charge in [0.15, 0.2) is 0 Å². The smallest absolute Gasteiger partial charge is 0.326 e. The molecule has 0 unspecified atom stereocenters. The van der Waals surface area contributed by atoms with Gasteiger partial charge in [-0.25, -0.2) is 8.42 Å². The third-order valence-corrected chi connectivity index (χ3v) is 4.87. The van der Waals surface area contributed by atoms with Gasteiger partial charge >= 0.3 is 5.97 Å². The highest BCUT2D eigenvalue weighted by atomic mass is 32.2. The number of carbonyl (C=O) groups is 1. The molecular weight excluding hydrogens is 272 g/mol. The minimum Gasteiger partial charge on any atom is -0.468 e. The lowest BCUT2D eigenvalue weighted by Crippen LogP contribution is -2.57. The molecule has 9 heteroatoms. The van der Waals surface area contributed by atoms with Crippen LogP contribution in [0.2, 0.25) is 0 Å². The van der Waals surface area contributed by atoms with Crippen LogP contribution in [0.15, 0.2) is 5.11 Å². The number of sulfone groups is 1. The molecule has 108 valence electrons. The van der Waals surface area contributed by atoms with Crippen molar-refractivity contribution in [3.05, 3.63) is 10.4 Å². The van der Waals surface area contributed by atoms with Crippen molar-refractivity contribution in [2.45, 2.75) is 24.8 Å². The summed E-state index contributed by atoms with van der Waals surface area (Å²) in [4.78, 5) is 14.5. The molecule has 0 aromatic rings. The second kappa shape index (κ2) is 6.74. The SMILES string of the molecule is COC(=O)C1(NCCCN=[N+]=[N-])CCS(=O)(=O)CC1. The molecule has 0 amide bonds. The molecule has 1 saturated heterocycles. The molecule has 0 saturated carbocycles. The molecule has 0 spiro atoms. The first-order valence-corrected chi connectivity index (χ1v) is 7.83. The average Bonchev–Trinajstić information content (AvgIpc) is 2.40. The maximum absolute atomic E-state index is 11.9. The summed E-state index contributed by atoms with van der Waals surface area (Å²) in [7, 11) is -1.76. The molecule has 0 aromatic carbocycles. The Balaban J connectivity index is 2.62. The van der Waals surface area contributed by atoms with Crippen molar-refractivity contribution in [1.82, 2.24) is 5.32 Å². The number of ether oxygens (including phenoxy) is 1. The van der Waals surface area contributed by atoms with E-state index >= 15 is 0 Å². The van der Waals surface area contributed by atoms with Gasteiger partial charge in [0.25, 0.3) is 0 Å². The number of esters is 1. The summed E-state index contributed by atoms with van der Waals surface area (Å²) in [6.07, 6.45) is 1.00. The summed E-state index contributed by atoms with van der Waals surface area (Å²) >= 11 is 0. The maximum Gasteiger partial charge on any atom is 0.326 e. The second-order valence-corrected chi connectivity index (χ2v) is 6.76. The molecule has 0 atom stereocenters. The largest absolute Gasteiger partial charge is 0.468 e. The Bertz CT molecular complexity index is 456. The summed E-state index contributed by atoms with van der Waals surface area (Å²) in [5.74, 6) is -0.483. The second-order valence-electron chi connectivity index (χ2n) is 4.46. The van der Waals surface area contributed by atoms with Crippen LogP contribution in [-0.2, 0) is 19.4 Å². The zero-order valence-electron chi connectivity index (χ0n) is 10.8. The number of hydrogen-bond donors (Lipinski definition) is 1. The lowest BCUT2D eigenvalue weighted by atomic mass is 9.92. The average molecular weight is 290 g/mol. The molecule has 19 heavy (non-hydrogen) atoms. The van der Waals surface area contributed by atoms with Crippen LogP contribution in [0.1, 0.15) is 19.3 Å². The Hall–Kier alpha value is -1.31. The molecule has 8 nitrogen and oxygen atoms in total. The molecule has 1 aliphatic rings. The van der Waals surface area contributed by atoms with Crippen molar-refractivity contribution in [1.29, 1.82) is 0 Å². The van der Waals surface area contributed by atoms with E-state index in [0.29, 0.717) is 19.5 Å². The Labute approximate surface area is 112 Å². The predicted octanol–water partition coefficient (Wildman–Crippen LogP) is 0.397. The van der Waals surface area contributed by atoms with Crippen molar-refractivity contribution in [3.63, 3.8) is 0 Å². The topological polar surface area (TPSA) is 121 Å². The maximum atomic E-state index is 11.9. The van der Waals surface area contributed by atoms with Crippen LogP contribution in [0.25, 0.3) is 10.4 Å². The van der Waals surface area contributed by atoms with Gasteiger partial charge < -0.3 is 10.1 Å². The first-order valence-electron chi connectivity index (χ1n) is 6.00. The summed E-state index contributed by atoms with van der Waals surface area (Å²) < 4.78 is 27.6. The quantitative estimate of drug-likeness (QED) is 0.249. The van der Waals surface area contributed by atoms with E-state index in [2.05, 4.69) is 15.3 Å². The van der Waals surface area contributed by atoms with E-state index in [1.165, 1.54) is 7.11 Å². The summed E-state index contributed by atoms with van der Waals surface area (Å²) in [6, 6.07) is 0. The van der Waals surface area contributed by atoms with E-state index in [0.717, 1.165) is 0 Å². The highest BCUT2D eigenvalue weighted by Crippen LogP contribution is 2.25. The Morgan fingerprint density at radius 2 is 2.11 bits per heavy atom. The molecule has 0 aliphatic carbocycles. The van der Waals surface area contributed by atoms with Crippen LogP contribution in [-0.4, -0.2) is 51.6 Å². The molecule has 0 aromatic heterocycles. The third kappa shape index (κ3) is 4.38. The monoisotopic (exact) mass is 290 g/mol. The van der Waals surface area contributed by atoms with Crippen LogP contribution >= 0.6 is 0 Å². The van der Waals surface area contributed by atoms with Crippen molar-refractivity contribution in [2.24, 2.45) is 5.11 Å². The van der Waals surface area contributed by atoms with E-state index in [-0.39, 0.29) is 24.3 Å². The molecule has 0 bridgehead atoms. The minimum atomic E-state index is -3.05. The van der Waals surface area contributed by atoms with E-state index in [1.54, 1.807) is 0 Å². The van der Waals surface area contributed by atoms with Crippen molar-refractivity contribution in [3.8, 4) is 0 Å². The Morgan fingerprint density at radius 3 is 2.63 bits per heavy atom. The zero-order chi connectivity index (χ0) is 14.4. The minimum absolute atomic E-state index is 0.0224. The lowest BCUT2D eigenvalue weighted by molar-refractivity contribution is -0.149. The summed E-state index contributed by atoms with van der Waals surface area (Å²) in [5, 5.41) is 6.45. The molecular formula is C10H18N4O4S. The van der Waals surface area contributed by atoms with Gasteiger partial charge in [-0.3, -0.25) is 4.79 Å². The molecule has 0 radical (unpaired) electrons. The van der Waals surface area contributed by atoms with Gasteiger partial charge in [0, 0.05) is 11.5 Å². The Kier molecular flexibility index (Phi) is 5.59. The molecule has 1 heterocycles. The molecule has 1 N–H and O–H groups in total. The fourth-order valence-electron chi connectivity index (χ4n) is 2.06. The van der Waals surface area contributed by atoms with Gasteiger partial charge in [0.1, 0.15) is 15.4 Å². The highest BCUT2D eigenvalue weighted by molar-refractivity contribution is 7.91. The fourth-order valence-corrected chi connectivity index (χ4v) is 3.58. The fraction of sp³-hybridized carbons (Fsp3) is 0.900. The van der Waals surface area contributed by atoms with E-state index in [1.807, 2.05) is 0 Å². The summed E-state index contributed by atoms with van der Waals surface area (Å²) in [5.41, 5.74) is 7.21. The van der Waals surface area contributed by atoms with E-state index in [9.17, 15) is 13.2 Å². The normalized spacial score (nSPS) is 20.3. The van der Waals surface area contributed by atoms with Crippen molar-refractivity contribution < 1.29 is 17.9 Å². The van der Waals surface area contributed by atoms with E-state index in [4.69, 9.17) is 10.3 Å². The van der Waals surface area contributed by atoms with Crippen LogP contribution in [0, 0.1) is 0 Å². The standard InChI is InChI=1S/C10H18N4O4S/c1-18-9(15)10(12-5-2-6-13-14-11)3-7-19(16,17)8-4-10/h12H,2-8H2,1H3. The number of hydrogen-bond acceptors (Lipinski definition) is 6. The van der Waals surface area contributed by atoms with Gasteiger partial charge in [0.05, 0.1) is 18.6 Å². The number of methoxy groups -OCH3 is 1. The van der Waals surface area contributed by atoms with Gasteiger partial charge in [-0.15, -0.1) is 0 Å². The van der Waals surface area contributed by atoms with Gasteiger partial charge in [-0.1, -0.05) is 5.11 Å². The number of rotatable bonds is 6. The number of nitrogens with one attached hydrogen (secondary N) is 1.